The molecular formula is C22H21ClF3N5OS. The number of hydrogen-bond donors (Lipinski definition) is 1. The molecular weight excluding hydrogens is 475 g/mol. The number of hydrogen-bond acceptors (Lipinski definition) is 5. The molecule has 0 atom stereocenters. The van der Waals surface area contributed by atoms with Crippen LogP contribution in [-0.4, -0.2) is 46.5 Å². The van der Waals surface area contributed by atoms with E-state index in [-0.39, 0.29) is 5.69 Å². The number of nitrogens with zero attached hydrogens (tertiary/aromatic N) is 4. The Bertz CT molecular complexity index is 1110. The first-order chi connectivity index (χ1) is 15.8. The topological polar surface area (TPSA) is 61.4 Å². The van der Waals surface area contributed by atoms with E-state index in [9.17, 15) is 18.0 Å². The molecule has 0 spiro atoms. The number of carbonyl (C=O) groups is 1. The number of para-hydroxylation sites is 1. The number of rotatable bonds is 4. The van der Waals surface area contributed by atoms with Crippen LogP contribution in [0.25, 0.3) is 0 Å². The lowest BCUT2D eigenvalue weighted by atomic mass is 10.1. The lowest BCUT2D eigenvalue weighted by molar-refractivity contribution is -0.136. The number of urea groups is 1. The molecule has 1 aliphatic rings. The van der Waals surface area contributed by atoms with Gasteiger partial charge in [0.05, 0.1) is 11.3 Å². The van der Waals surface area contributed by atoms with Crippen molar-refractivity contribution in [3.8, 4) is 0 Å². The van der Waals surface area contributed by atoms with E-state index in [1.807, 2.05) is 24.3 Å². The first-order valence-electron chi connectivity index (χ1n) is 10.3. The molecule has 4 rings (SSSR count). The van der Waals surface area contributed by atoms with Crippen LogP contribution in [0, 0.1) is 0 Å². The number of halogens is 4. The van der Waals surface area contributed by atoms with Gasteiger partial charge in [0.25, 0.3) is 0 Å². The highest BCUT2D eigenvalue weighted by Gasteiger charge is 2.34. The third-order valence-corrected chi connectivity index (χ3v) is 6.33. The second-order valence-electron chi connectivity index (χ2n) is 7.60. The molecule has 2 aromatic carbocycles. The summed E-state index contributed by atoms with van der Waals surface area (Å²) in [6.45, 7) is 2.00. The molecule has 1 fully saturated rings. The third kappa shape index (κ3) is 5.94. The minimum absolute atomic E-state index is 0.243. The first kappa shape index (κ1) is 23.3. The number of aromatic nitrogens is 2. The van der Waals surface area contributed by atoms with Crippen LogP contribution in [0.15, 0.2) is 48.5 Å². The number of amides is 2. The average Bonchev–Trinajstić information content (AvgIpc) is 3.09. The molecule has 3 aromatic rings. The molecule has 2 amide bonds. The van der Waals surface area contributed by atoms with Crippen molar-refractivity contribution < 1.29 is 18.0 Å². The van der Waals surface area contributed by atoms with Crippen molar-refractivity contribution in [2.75, 3.05) is 36.4 Å². The quantitative estimate of drug-likeness (QED) is 0.516. The largest absolute Gasteiger partial charge is 0.418 e. The van der Waals surface area contributed by atoms with Crippen LogP contribution in [0.1, 0.15) is 23.4 Å². The minimum Gasteiger partial charge on any atom is -0.345 e. The Morgan fingerprint density at radius 1 is 1.06 bits per heavy atom. The van der Waals surface area contributed by atoms with Crippen molar-refractivity contribution >= 4 is 40.0 Å². The normalized spacial score (nSPS) is 14.8. The number of alkyl halides is 3. The van der Waals surface area contributed by atoms with Crippen molar-refractivity contribution in [3.05, 3.63) is 70.5 Å². The zero-order chi connectivity index (χ0) is 23.4. The van der Waals surface area contributed by atoms with Crippen molar-refractivity contribution in [2.45, 2.75) is 19.0 Å². The molecule has 0 bridgehead atoms. The second kappa shape index (κ2) is 9.96. The number of benzene rings is 2. The maximum Gasteiger partial charge on any atom is 0.418 e. The highest BCUT2D eigenvalue weighted by atomic mass is 35.5. The van der Waals surface area contributed by atoms with Gasteiger partial charge in [0.15, 0.2) is 0 Å². The molecule has 0 unspecified atom stereocenters. The van der Waals surface area contributed by atoms with E-state index in [0.29, 0.717) is 49.9 Å². The van der Waals surface area contributed by atoms with Crippen molar-refractivity contribution in [2.24, 2.45) is 0 Å². The molecule has 2 heterocycles. The predicted octanol–water partition coefficient (Wildman–Crippen LogP) is 5.55. The lowest BCUT2D eigenvalue weighted by Crippen LogP contribution is -2.38. The van der Waals surface area contributed by atoms with Crippen LogP contribution in [0.3, 0.4) is 0 Å². The second-order valence-corrected chi connectivity index (χ2v) is 8.76. The molecule has 6 nitrogen and oxygen atoms in total. The Morgan fingerprint density at radius 3 is 2.58 bits per heavy atom. The van der Waals surface area contributed by atoms with Crippen LogP contribution in [0.2, 0.25) is 5.02 Å². The van der Waals surface area contributed by atoms with E-state index in [2.05, 4.69) is 19.6 Å². The molecule has 1 aliphatic heterocycles. The van der Waals surface area contributed by atoms with Gasteiger partial charge in [0.2, 0.25) is 5.13 Å². The van der Waals surface area contributed by atoms with E-state index in [1.54, 1.807) is 0 Å². The molecule has 0 saturated carbocycles. The molecule has 1 saturated heterocycles. The monoisotopic (exact) mass is 495 g/mol. The summed E-state index contributed by atoms with van der Waals surface area (Å²) in [7, 11) is 0. The molecule has 174 valence electrons. The summed E-state index contributed by atoms with van der Waals surface area (Å²) in [6.07, 6.45) is -3.28. The average molecular weight is 496 g/mol. The first-order valence-corrected chi connectivity index (χ1v) is 11.5. The van der Waals surface area contributed by atoms with Gasteiger partial charge in [-0.05, 0) is 36.2 Å². The van der Waals surface area contributed by atoms with E-state index in [0.717, 1.165) is 16.8 Å². The fourth-order valence-electron chi connectivity index (χ4n) is 3.58. The van der Waals surface area contributed by atoms with Crippen molar-refractivity contribution in [3.63, 3.8) is 0 Å². The number of carbonyl (C=O) groups excluding carboxylic acids is 1. The van der Waals surface area contributed by atoms with Crippen LogP contribution in [0.5, 0.6) is 0 Å². The zero-order valence-corrected chi connectivity index (χ0v) is 19.1. The summed E-state index contributed by atoms with van der Waals surface area (Å²) in [5.74, 6) is 0.708. The smallest absolute Gasteiger partial charge is 0.345 e. The molecule has 0 radical (unpaired) electrons. The predicted molar refractivity (Wildman–Crippen MR) is 123 cm³/mol. The van der Waals surface area contributed by atoms with Gasteiger partial charge in [-0.15, -0.1) is 0 Å². The Balaban J connectivity index is 1.37. The van der Waals surface area contributed by atoms with Gasteiger partial charge in [-0.2, -0.15) is 17.5 Å². The van der Waals surface area contributed by atoms with E-state index in [4.69, 9.17) is 11.6 Å². The van der Waals surface area contributed by atoms with Crippen LogP contribution in [-0.2, 0) is 12.6 Å². The Morgan fingerprint density at radius 2 is 1.82 bits per heavy atom. The summed E-state index contributed by atoms with van der Waals surface area (Å²) in [5, 5.41) is 3.86. The van der Waals surface area contributed by atoms with Crippen molar-refractivity contribution in [1.29, 1.82) is 0 Å². The summed E-state index contributed by atoms with van der Waals surface area (Å²) in [6, 6.07) is 11.9. The molecule has 11 heteroatoms. The van der Waals surface area contributed by atoms with E-state index < -0.39 is 17.8 Å². The summed E-state index contributed by atoms with van der Waals surface area (Å²) < 4.78 is 44.1. The Kier molecular flexibility index (Phi) is 7.04. The molecule has 33 heavy (non-hydrogen) atoms. The summed E-state index contributed by atoms with van der Waals surface area (Å²) in [4.78, 5) is 20.9. The molecule has 1 aromatic heterocycles. The highest BCUT2D eigenvalue weighted by Crippen LogP contribution is 2.34. The highest BCUT2D eigenvalue weighted by molar-refractivity contribution is 7.09. The lowest BCUT2D eigenvalue weighted by Gasteiger charge is -2.23. The van der Waals surface area contributed by atoms with E-state index in [1.165, 1.54) is 34.6 Å². The SMILES string of the molecule is O=C(Nc1ccccc1C(F)(F)F)N1CCCN(c2nc(Cc3ccc(Cl)cc3)ns2)CC1. The maximum atomic E-state index is 13.2. The van der Waals surface area contributed by atoms with Gasteiger partial charge in [0, 0.05) is 49.2 Å². The molecule has 0 aliphatic carbocycles. The number of anilines is 2. The Labute approximate surface area is 198 Å². The zero-order valence-electron chi connectivity index (χ0n) is 17.5. The maximum absolute atomic E-state index is 13.2. The van der Waals surface area contributed by atoms with E-state index >= 15 is 0 Å². The van der Waals surface area contributed by atoms with Gasteiger partial charge in [-0.1, -0.05) is 35.9 Å². The third-order valence-electron chi connectivity index (χ3n) is 5.26. The number of nitrogens with one attached hydrogen (secondary N) is 1. The minimum atomic E-state index is -4.54. The summed E-state index contributed by atoms with van der Waals surface area (Å²) in [5.41, 5.74) is -0.0504. The fourth-order valence-corrected chi connectivity index (χ4v) is 4.44. The summed E-state index contributed by atoms with van der Waals surface area (Å²) >= 11 is 7.22. The van der Waals surface area contributed by atoms with Gasteiger partial charge in [0.1, 0.15) is 5.82 Å². The van der Waals surface area contributed by atoms with Gasteiger partial charge >= 0.3 is 12.2 Å². The van der Waals surface area contributed by atoms with Gasteiger partial charge in [-0.25, -0.2) is 9.78 Å². The molecule has 1 N–H and O–H groups in total. The van der Waals surface area contributed by atoms with Gasteiger partial charge in [-0.3, -0.25) is 0 Å². The fraction of sp³-hybridized carbons (Fsp3) is 0.318. The van der Waals surface area contributed by atoms with Crippen LogP contribution >= 0.6 is 23.1 Å². The standard InChI is InChI=1S/C22H21ClF3N5OS/c23-16-8-6-15(7-9-16)14-19-28-21(33-29-19)31-11-3-10-30(12-13-31)20(32)27-18-5-2-1-4-17(18)22(24,25)26/h1-2,4-9H,3,10-14H2,(H,27,32). The van der Waals surface area contributed by atoms with Crippen LogP contribution in [0.4, 0.5) is 28.8 Å². The van der Waals surface area contributed by atoms with Crippen molar-refractivity contribution in [1.82, 2.24) is 14.3 Å². The van der Waals surface area contributed by atoms with Crippen LogP contribution < -0.4 is 10.2 Å². The Hall–Kier alpha value is -2.85. The van der Waals surface area contributed by atoms with Gasteiger partial charge < -0.3 is 15.1 Å².